The molecule has 1 aromatic heterocycles. The lowest BCUT2D eigenvalue weighted by Crippen LogP contribution is -2.31. The molecule has 0 saturated heterocycles. The lowest BCUT2D eigenvalue weighted by atomic mass is 9.99. The first-order valence-corrected chi connectivity index (χ1v) is 6.58. The number of rotatable bonds is 5. The predicted octanol–water partition coefficient (Wildman–Crippen LogP) is 3.75. The highest BCUT2D eigenvalue weighted by molar-refractivity contribution is 5.77. The molecular formula is C15H22N2O2. The van der Waals surface area contributed by atoms with Gasteiger partial charge in [-0.25, -0.2) is 4.98 Å². The third-order valence-corrected chi connectivity index (χ3v) is 3.26. The summed E-state index contributed by atoms with van der Waals surface area (Å²) in [7, 11) is 1.75. The molecule has 0 saturated carbocycles. The Hall–Kier alpha value is -1.55. The second-order valence-electron chi connectivity index (χ2n) is 5.63. The van der Waals surface area contributed by atoms with Crippen LogP contribution in [0.1, 0.15) is 33.1 Å². The lowest BCUT2D eigenvalue weighted by molar-refractivity contribution is 0.0128. The molecule has 4 nitrogen and oxygen atoms in total. The molecule has 0 radical (unpaired) electrons. The fraction of sp³-hybridized carbons (Fsp3) is 0.533. The van der Waals surface area contributed by atoms with Crippen LogP contribution in [0.25, 0.3) is 11.1 Å². The zero-order valence-electron chi connectivity index (χ0n) is 12.3. The van der Waals surface area contributed by atoms with E-state index < -0.39 is 0 Å². The van der Waals surface area contributed by atoms with E-state index in [0.717, 1.165) is 23.2 Å². The van der Waals surface area contributed by atoms with Crippen LogP contribution < -0.4 is 5.32 Å². The molecular weight excluding hydrogens is 240 g/mol. The molecule has 1 unspecified atom stereocenters. The van der Waals surface area contributed by atoms with Gasteiger partial charge in [-0.2, -0.15) is 0 Å². The smallest absolute Gasteiger partial charge is 0.192 e. The number of benzene rings is 1. The molecule has 1 aromatic carbocycles. The van der Waals surface area contributed by atoms with E-state index in [-0.39, 0.29) is 5.60 Å². The molecule has 2 aromatic rings. The van der Waals surface area contributed by atoms with Crippen molar-refractivity contribution >= 4 is 16.8 Å². The van der Waals surface area contributed by atoms with Crippen LogP contribution in [0, 0.1) is 6.92 Å². The van der Waals surface area contributed by atoms with Crippen LogP contribution in [0.4, 0.5) is 5.69 Å². The third kappa shape index (κ3) is 3.47. The van der Waals surface area contributed by atoms with E-state index in [0.29, 0.717) is 11.9 Å². The standard InChI is InChI=1S/C15H22N2O2/c1-10(9-15(3,4)18-5)16-12-6-7-14-13(8-12)17-11(2)19-14/h6-8,10,16H,9H2,1-5H3. The molecule has 0 amide bonds. The first-order valence-electron chi connectivity index (χ1n) is 6.58. The molecule has 2 rings (SSSR count). The number of aromatic nitrogens is 1. The Morgan fingerprint density at radius 2 is 2.16 bits per heavy atom. The van der Waals surface area contributed by atoms with E-state index >= 15 is 0 Å². The Morgan fingerprint density at radius 1 is 1.42 bits per heavy atom. The van der Waals surface area contributed by atoms with Gasteiger partial charge >= 0.3 is 0 Å². The van der Waals surface area contributed by atoms with Gasteiger partial charge in [-0.05, 0) is 45.4 Å². The number of hydrogen-bond donors (Lipinski definition) is 1. The highest BCUT2D eigenvalue weighted by Crippen LogP contribution is 2.22. The number of anilines is 1. The molecule has 0 bridgehead atoms. The normalized spacial score (nSPS) is 13.7. The highest BCUT2D eigenvalue weighted by atomic mass is 16.5. The van der Waals surface area contributed by atoms with Gasteiger partial charge < -0.3 is 14.5 Å². The predicted molar refractivity (Wildman–Crippen MR) is 77.5 cm³/mol. The van der Waals surface area contributed by atoms with Gasteiger partial charge in [0.05, 0.1) is 5.60 Å². The Bertz CT molecular complexity index is 560. The monoisotopic (exact) mass is 262 g/mol. The van der Waals surface area contributed by atoms with E-state index in [1.165, 1.54) is 0 Å². The summed E-state index contributed by atoms with van der Waals surface area (Å²) in [4.78, 5) is 4.34. The number of nitrogens with zero attached hydrogens (tertiary/aromatic N) is 1. The van der Waals surface area contributed by atoms with Crippen LogP contribution in [0.3, 0.4) is 0 Å². The maximum atomic E-state index is 5.47. The van der Waals surface area contributed by atoms with Gasteiger partial charge in [0.2, 0.25) is 0 Å². The summed E-state index contributed by atoms with van der Waals surface area (Å²) in [6.45, 7) is 8.20. The Labute approximate surface area is 114 Å². The van der Waals surface area contributed by atoms with E-state index in [1.807, 2.05) is 25.1 Å². The van der Waals surface area contributed by atoms with E-state index in [1.54, 1.807) is 7.11 Å². The summed E-state index contributed by atoms with van der Waals surface area (Å²) in [6.07, 6.45) is 0.930. The Balaban J connectivity index is 2.08. The first kappa shape index (κ1) is 13.9. The van der Waals surface area contributed by atoms with Gasteiger partial charge in [0.1, 0.15) is 5.52 Å². The average Bonchev–Trinajstić information content (AvgIpc) is 2.67. The summed E-state index contributed by atoms with van der Waals surface area (Å²) >= 11 is 0. The Morgan fingerprint density at radius 3 is 2.84 bits per heavy atom. The minimum atomic E-state index is -0.124. The molecule has 0 aliphatic rings. The molecule has 0 aliphatic heterocycles. The van der Waals surface area contributed by atoms with Crippen molar-refractivity contribution in [3.05, 3.63) is 24.1 Å². The van der Waals surface area contributed by atoms with Crippen LogP contribution in [0.15, 0.2) is 22.6 Å². The van der Waals surface area contributed by atoms with Crippen molar-refractivity contribution in [3.8, 4) is 0 Å². The fourth-order valence-electron chi connectivity index (χ4n) is 2.29. The second kappa shape index (κ2) is 5.21. The van der Waals surface area contributed by atoms with Gasteiger partial charge in [-0.1, -0.05) is 0 Å². The van der Waals surface area contributed by atoms with Crippen LogP contribution in [0.5, 0.6) is 0 Å². The molecule has 19 heavy (non-hydrogen) atoms. The number of aryl methyl sites for hydroxylation is 1. The van der Waals surface area contributed by atoms with E-state index in [4.69, 9.17) is 9.15 Å². The number of hydrogen-bond acceptors (Lipinski definition) is 4. The maximum absolute atomic E-state index is 5.47. The minimum absolute atomic E-state index is 0.124. The number of ether oxygens (including phenoxy) is 1. The summed E-state index contributed by atoms with van der Waals surface area (Å²) < 4.78 is 10.9. The van der Waals surface area contributed by atoms with Crippen LogP contribution in [-0.4, -0.2) is 23.7 Å². The summed E-state index contributed by atoms with van der Waals surface area (Å²) in [6, 6.07) is 6.30. The number of nitrogens with one attached hydrogen (secondary N) is 1. The van der Waals surface area contributed by atoms with Gasteiger partial charge in [0, 0.05) is 25.8 Å². The molecule has 0 aliphatic carbocycles. The number of methoxy groups -OCH3 is 1. The molecule has 1 N–H and O–H groups in total. The van der Waals surface area contributed by atoms with Crippen molar-refractivity contribution in [2.45, 2.75) is 45.8 Å². The Kier molecular flexibility index (Phi) is 3.80. The summed E-state index contributed by atoms with van der Waals surface area (Å²) in [5.74, 6) is 0.695. The molecule has 0 fully saturated rings. The fourth-order valence-corrected chi connectivity index (χ4v) is 2.29. The van der Waals surface area contributed by atoms with E-state index in [2.05, 4.69) is 31.1 Å². The lowest BCUT2D eigenvalue weighted by Gasteiger charge is -2.27. The molecule has 4 heteroatoms. The van der Waals surface area contributed by atoms with Gasteiger partial charge in [0.15, 0.2) is 11.5 Å². The van der Waals surface area contributed by atoms with Crippen molar-refractivity contribution in [1.29, 1.82) is 0 Å². The zero-order valence-corrected chi connectivity index (χ0v) is 12.3. The van der Waals surface area contributed by atoms with Crippen molar-refractivity contribution in [2.75, 3.05) is 12.4 Å². The SMILES string of the molecule is COC(C)(C)CC(C)Nc1ccc2oc(C)nc2c1. The van der Waals surface area contributed by atoms with Crippen molar-refractivity contribution in [1.82, 2.24) is 4.98 Å². The van der Waals surface area contributed by atoms with Crippen LogP contribution in [0.2, 0.25) is 0 Å². The number of fused-ring (bicyclic) bond motifs is 1. The van der Waals surface area contributed by atoms with Crippen LogP contribution in [-0.2, 0) is 4.74 Å². The summed E-state index contributed by atoms with van der Waals surface area (Å²) in [5, 5.41) is 3.47. The van der Waals surface area contributed by atoms with Gasteiger partial charge in [-0.3, -0.25) is 0 Å². The number of oxazole rings is 1. The molecule has 104 valence electrons. The molecule has 0 spiro atoms. The van der Waals surface area contributed by atoms with Gasteiger partial charge in [-0.15, -0.1) is 0 Å². The van der Waals surface area contributed by atoms with Crippen molar-refractivity contribution in [3.63, 3.8) is 0 Å². The van der Waals surface area contributed by atoms with Crippen molar-refractivity contribution < 1.29 is 9.15 Å². The maximum Gasteiger partial charge on any atom is 0.192 e. The molecule has 1 atom stereocenters. The third-order valence-electron chi connectivity index (χ3n) is 3.26. The van der Waals surface area contributed by atoms with E-state index in [9.17, 15) is 0 Å². The minimum Gasteiger partial charge on any atom is -0.441 e. The average molecular weight is 262 g/mol. The second-order valence-corrected chi connectivity index (χ2v) is 5.63. The zero-order chi connectivity index (χ0) is 14.0. The summed E-state index contributed by atoms with van der Waals surface area (Å²) in [5.41, 5.74) is 2.65. The first-order chi connectivity index (χ1) is 8.89. The highest BCUT2D eigenvalue weighted by Gasteiger charge is 2.20. The molecule has 1 heterocycles. The van der Waals surface area contributed by atoms with Gasteiger partial charge in [0.25, 0.3) is 0 Å². The van der Waals surface area contributed by atoms with Crippen LogP contribution >= 0.6 is 0 Å². The van der Waals surface area contributed by atoms with Crippen molar-refractivity contribution in [2.24, 2.45) is 0 Å². The quantitative estimate of drug-likeness (QED) is 0.891. The largest absolute Gasteiger partial charge is 0.441 e. The topological polar surface area (TPSA) is 47.3 Å².